The Balaban J connectivity index is 1.71. The van der Waals surface area contributed by atoms with Gasteiger partial charge < -0.3 is 10.2 Å². The van der Waals surface area contributed by atoms with Gasteiger partial charge >= 0.3 is 5.92 Å². The van der Waals surface area contributed by atoms with Crippen molar-refractivity contribution in [2.75, 3.05) is 5.73 Å². The Bertz CT molecular complexity index is 1130. The number of hydrogen-bond donors (Lipinski definition) is 1. The average molecular weight is 390 g/mol. The van der Waals surface area contributed by atoms with Crippen LogP contribution >= 0.6 is 11.3 Å². The van der Waals surface area contributed by atoms with Crippen LogP contribution in [-0.4, -0.2) is 15.0 Å². The Morgan fingerprint density at radius 1 is 1.22 bits per heavy atom. The highest BCUT2D eigenvalue weighted by Gasteiger charge is 2.29. The lowest BCUT2D eigenvalue weighted by Crippen LogP contribution is -2.04. The first-order chi connectivity index (χ1) is 12.8. The quantitative estimate of drug-likeness (QED) is 0.543. The number of fused-ring (bicyclic) bond motifs is 1. The summed E-state index contributed by atoms with van der Waals surface area (Å²) >= 11 is 1.31. The summed E-state index contributed by atoms with van der Waals surface area (Å²) < 4.78 is 45.7. The van der Waals surface area contributed by atoms with E-state index in [2.05, 4.69) is 15.0 Å². The fraction of sp³-hybridized carbons (Fsp3) is 0.167. The van der Waals surface area contributed by atoms with Crippen molar-refractivity contribution in [1.82, 2.24) is 15.0 Å². The molecule has 0 saturated carbocycles. The van der Waals surface area contributed by atoms with Crippen LogP contribution in [0.1, 0.15) is 23.3 Å². The standard InChI is InChI=1S/C18H13F3N4OS/c1-18(20,21)14-5-4-13(26-14)16-24-15(22)10-7-9(27-17(10)25-16)8-12-11(19)3-2-6-23-12/h2-7H,8H2,1H3,(H2,22,24,25). The number of hydrogen-bond acceptors (Lipinski definition) is 6. The van der Waals surface area contributed by atoms with Gasteiger partial charge in [0.2, 0.25) is 0 Å². The normalized spacial score (nSPS) is 12.0. The zero-order valence-corrected chi connectivity index (χ0v) is 14.9. The molecule has 0 aliphatic rings. The molecule has 0 saturated heterocycles. The Labute approximate surface area is 155 Å². The first kappa shape index (κ1) is 17.5. The van der Waals surface area contributed by atoms with Crippen LogP contribution in [0.4, 0.5) is 19.0 Å². The zero-order valence-electron chi connectivity index (χ0n) is 14.0. The Morgan fingerprint density at radius 3 is 2.74 bits per heavy atom. The molecule has 2 N–H and O–H groups in total. The maximum absolute atomic E-state index is 13.8. The largest absolute Gasteiger partial charge is 0.451 e. The van der Waals surface area contributed by atoms with Crippen molar-refractivity contribution in [3.05, 3.63) is 58.7 Å². The predicted octanol–water partition coefficient (Wildman–Crippen LogP) is 4.77. The van der Waals surface area contributed by atoms with Gasteiger partial charge in [-0.25, -0.2) is 14.4 Å². The van der Waals surface area contributed by atoms with Gasteiger partial charge in [0.15, 0.2) is 17.3 Å². The van der Waals surface area contributed by atoms with Crippen LogP contribution in [0.25, 0.3) is 21.8 Å². The summed E-state index contributed by atoms with van der Waals surface area (Å²) in [5.41, 5.74) is 6.32. The minimum Gasteiger partial charge on any atom is -0.451 e. The fourth-order valence-corrected chi connectivity index (χ4v) is 3.64. The number of alkyl halides is 2. The van der Waals surface area contributed by atoms with E-state index in [0.29, 0.717) is 15.9 Å². The van der Waals surface area contributed by atoms with Crippen LogP contribution in [0.3, 0.4) is 0 Å². The highest BCUT2D eigenvalue weighted by molar-refractivity contribution is 7.18. The van der Waals surface area contributed by atoms with E-state index >= 15 is 0 Å². The smallest absolute Gasteiger partial charge is 0.301 e. The summed E-state index contributed by atoms with van der Waals surface area (Å²) in [4.78, 5) is 13.9. The van der Waals surface area contributed by atoms with Gasteiger partial charge in [-0.05, 0) is 30.3 Å². The van der Waals surface area contributed by atoms with E-state index in [1.165, 1.54) is 41.8 Å². The maximum Gasteiger partial charge on any atom is 0.301 e. The first-order valence-corrected chi connectivity index (χ1v) is 8.77. The van der Waals surface area contributed by atoms with Gasteiger partial charge in [0, 0.05) is 24.4 Å². The van der Waals surface area contributed by atoms with Crippen LogP contribution in [0.2, 0.25) is 0 Å². The molecule has 5 nitrogen and oxygen atoms in total. The van der Waals surface area contributed by atoms with E-state index in [-0.39, 0.29) is 23.8 Å². The second kappa shape index (κ2) is 6.34. The van der Waals surface area contributed by atoms with Gasteiger partial charge in [-0.15, -0.1) is 11.3 Å². The fourth-order valence-electron chi connectivity index (χ4n) is 2.60. The number of rotatable bonds is 4. The van der Waals surface area contributed by atoms with E-state index in [4.69, 9.17) is 10.2 Å². The van der Waals surface area contributed by atoms with Gasteiger partial charge in [-0.1, -0.05) is 0 Å². The minimum atomic E-state index is -3.10. The molecule has 4 heterocycles. The number of pyridine rings is 1. The highest BCUT2D eigenvalue weighted by Crippen LogP contribution is 2.34. The van der Waals surface area contributed by atoms with E-state index in [1.54, 1.807) is 6.07 Å². The molecule has 27 heavy (non-hydrogen) atoms. The molecule has 0 radical (unpaired) electrons. The molecule has 0 atom stereocenters. The Hall–Kier alpha value is -2.94. The lowest BCUT2D eigenvalue weighted by atomic mass is 10.2. The molecule has 4 aromatic heterocycles. The van der Waals surface area contributed by atoms with Gasteiger partial charge in [0.1, 0.15) is 16.5 Å². The monoisotopic (exact) mass is 390 g/mol. The number of anilines is 1. The number of nitrogens with zero attached hydrogens (tertiary/aromatic N) is 3. The summed E-state index contributed by atoms with van der Waals surface area (Å²) in [5.74, 6) is -3.55. The molecule has 4 rings (SSSR count). The molecule has 0 spiro atoms. The number of furan rings is 1. The van der Waals surface area contributed by atoms with Crippen molar-refractivity contribution < 1.29 is 17.6 Å². The van der Waals surface area contributed by atoms with E-state index in [1.807, 2.05) is 0 Å². The molecular formula is C18H13F3N4OS. The molecule has 138 valence electrons. The molecule has 0 aliphatic heterocycles. The Kier molecular flexibility index (Phi) is 4.11. The first-order valence-electron chi connectivity index (χ1n) is 7.95. The molecule has 0 aromatic carbocycles. The third kappa shape index (κ3) is 3.37. The minimum absolute atomic E-state index is 0.103. The number of thiophene rings is 1. The molecule has 4 aromatic rings. The molecule has 0 unspecified atom stereocenters. The zero-order chi connectivity index (χ0) is 19.2. The highest BCUT2D eigenvalue weighted by atomic mass is 32.1. The second-order valence-electron chi connectivity index (χ2n) is 6.02. The van der Waals surface area contributed by atoms with Crippen molar-refractivity contribution in [3.63, 3.8) is 0 Å². The number of nitrogen functional groups attached to an aromatic ring is 1. The van der Waals surface area contributed by atoms with E-state index in [9.17, 15) is 13.2 Å². The van der Waals surface area contributed by atoms with Gasteiger partial charge in [-0.3, -0.25) is 4.98 Å². The predicted molar refractivity (Wildman–Crippen MR) is 96.1 cm³/mol. The Morgan fingerprint density at radius 2 is 2.04 bits per heavy atom. The number of nitrogens with two attached hydrogens (primary N) is 1. The van der Waals surface area contributed by atoms with Crippen LogP contribution in [0.15, 0.2) is 40.9 Å². The average Bonchev–Trinajstić information content (AvgIpc) is 3.23. The van der Waals surface area contributed by atoms with E-state index in [0.717, 1.165) is 11.8 Å². The maximum atomic E-state index is 13.8. The number of aromatic nitrogens is 3. The van der Waals surface area contributed by atoms with Crippen LogP contribution in [0.5, 0.6) is 0 Å². The van der Waals surface area contributed by atoms with Crippen molar-refractivity contribution in [2.45, 2.75) is 19.3 Å². The third-order valence-electron chi connectivity index (χ3n) is 3.91. The van der Waals surface area contributed by atoms with Gasteiger partial charge in [-0.2, -0.15) is 8.78 Å². The van der Waals surface area contributed by atoms with Gasteiger partial charge in [0.05, 0.1) is 11.1 Å². The van der Waals surface area contributed by atoms with Crippen LogP contribution in [0, 0.1) is 5.82 Å². The summed E-state index contributed by atoms with van der Waals surface area (Å²) in [7, 11) is 0. The second-order valence-corrected chi connectivity index (χ2v) is 7.14. The molecule has 9 heteroatoms. The third-order valence-corrected chi connectivity index (χ3v) is 4.94. The van der Waals surface area contributed by atoms with Crippen LogP contribution in [-0.2, 0) is 12.3 Å². The lowest BCUT2D eigenvalue weighted by Gasteiger charge is -2.05. The van der Waals surface area contributed by atoms with Crippen molar-refractivity contribution >= 4 is 27.4 Å². The molecule has 0 bridgehead atoms. The van der Waals surface area contributed by atoms with E-state index < -0.39 is 17.5 Å². The molecule has 0 fully saturated rings. The molecule has 0 amide bonds. The molecular weight excluding hydrogens is 377 g/mol. The van der Waals surface area contributed by atoms with Crippen molar-refractivity contribution in [3.8, 4) is 11.6 Å². The van der Waals surface area contributed by atoms with Gasteiger partial charge in [0.25, 0.3) is 0 Å². The topological polar surface area (TPSA) is 77.8 Å². The van der Waals surface area contributed by atoms with Crippen molar-refractivity contribution in [2.24, 2.45) is 0 Å². The SMILES string of the molecule is CC(F)(F)c1ccc(-c2nc(N)c3cc(Cc4ncccc4F)sc3n2)o1. The summed E-state index contributed by atoms with van der Waals surface area (Å²) in [6.45, 7) is 0.746. The van der Waals surface area contributed by atoms with Crippen molar-refractivity contribution in [1.29, 1.82) is 0 Å². The summed E-state index contributed by atoms with van der Waals surface area (Å²) in [6, 6.07) is 7.21. The lowest BCUT2D eigenvalue weighted by molar-refractivity contribution is -0.00473. The molecule has 0 aliphatic carbocycles. The van der Waals surface area contributed by atoms with Crippen LogP contribution < -0.4 is 5.73 Å². The summed E-state index contributed by atoms with van der Waals surface area (Å²) in [5, 5.41) is 0.614. The number of halogens is 3. The summed E-state index contributed by atoms with van der Waals surface area (Å²) in [6.07, 6.45) is 1.81.